The van der Waals surface area contributed by atoms with Crippen molar-refractivity contribution < 1.29 is 9.53 Å². The van der Waals surface area contributed by atoms with Gasteiger partial charge in [-0.15, -0.1) is 11.3 Å². The van der Waals surface area contributed by atoms with E-state index < -0.39 is 0 Å². The van der Waals surface area contributed by atoms with Crippen LogP contribution in [0.2, 0.25) is 0 Å². The SMILES string of the molecule is CC(C)Oc1cc(-c2ccc3c(ccc4sc5c(c43)NC[C@@H](C)NC5=O)n2)cc(C(C)C)c1. The van der Waals surface area contributed by atoms with Crippen molar-refractivity contribution in [1.29, 1.82) is 0 Å². The van der Waals surface area contributed by atoms with Gasteiger partial charge in [-0.25, -0.2) is 4.98 Å². The van der Waals surface area contributed by atoms with Crippen LogP contribution in [0.25, 0.3) is 32.2 Å². The molecule has 0 aliphatic carbocycles. The third kappa shape index (κ3) is 4.04. The van der Waals surface area contributed by atoms with E-state index in [1.165, 1.54) is 16.9 Å². The van der Waals surface area contributed by atoms with E-state index in [2.05, 4.69) is 66.9 Å². The van der Waals surface area contributed by atoms with Gasteiger partial charge in [-0.3, -0.25) is 4.79 Å². The van der Waals surface area contributed by atoms with E-state index in [4.69, 9.17) is 9.72 Å². The lowest BCUT2D eigenvalue weighted by atomic mass is 9.98. The first-order chi connectivity index (χ1) is 15.8. The Labute approximate surface area is 198 Å². The van der Waals surface area contributed by atoms with Crippen molar-refractivity contribution in [3.63, 3.8) is 0 Å². The van der Waals surface area contributed by atoms with Gasteiger partial charge in [0.15, 0.2) is 0 Å². The van der Waals surface area contributed by atoms with Gasteiger partial charge in [-0.05, 0) is 74.7 Å². The van der Waals surface area contributed by atoms with Crippen LogP contribution in [-0.2, 0) is 0 Å². The number of carbonyl (C=O) groups excluding carboxylic acids is 1. The van der Waals surface area contributed by atoms with Gasteiger partial charge < -0.3 is 15.4 Å². The first kappa shape index (κ1) is 21.7. The molecule has 33 heavy (non-hydrogen) atoms. The molecule has 1 aliphatic rings. The molecule has 170 valence electrons. The second-order valence-corrected chi connectivity index (χ2v) is 10.4. The Morgan fingerprint density at radius 1 is 1.09 bits per heavy atom. The fourth-order valence-electron chi connectivity index (χ4n) is 4.33. The highest BCUT2D eigenvalue weighted by Crippen LogP contribution is 2.41. The maximum atomic E-state index is 12.7. The number of ether oxygens (including phenoxy) is 1. The number of aromatic nitrogens is 1. The molecule has 1 aliphatic heterocycles. The number of carbonyl (C=O) groups is 1. The summed E-state index contributed by atoms with van der Waals surface area (Å²) in [6.07, 6.45) is 0.111. The summed E-state index contributed by atoms with van der Waals surface area (Å²) in [5.74, 6) is 1.25. The van der Waals surface area contributed by atoms with E-state index in [1.807, 2.05) is 20.8 Å². The van der Waals surface area contributed by atoms with Gasteiger partial charge in [0.2, 0.25) is 0 Å². The van der Waals surface area contributed by atoms with Crippen LogP contribution in [0.1, 0.15) is 55.8 Å². The van der Waals surface area contributed by atoms with Crippen LogP contribution < -0.4 is 15.4 Å². The van der Waals surface area contributed by atoms with Crippen LogP contribution >= 0.6 is 11.3 Å². The molecule has 1 amide bonds. The fraction of sp³-hybridized carbons (Fsp3) is 0.333. The molecule has 0 saturated carbocycles. The minimum Gasteiger partial charge on any atom is -0.491 e. The summed E-state index contributed by atoms with van der Waals surface area (Å²) in [6, 6.07) is 14.8. The number of amides is 1. The zero-order valence-electron chi connectivity index (χ0n) is 19.7. The minimum absolute atomic E-state index is 0.00962. The van der Waals surface area contributed by atoms with Crippen LogP contribution in [0.4, 0.5) is 5.69 Å². The van der Waals surface area contributed by atoms with E-state index in [0.717, 1.165) is 48.6 Å². The van der Waals surface area contributed by atoms with Crippen molar-refractivity contribution in [2.45, 2.75) is 52.7 Å². The predicted octanol–water partition coefficient (Wildman–Crippen LogP) is 6.57. The van der Waals surface area contributed by atoms with E-state index in [-0.39, 0.29) is 18.1 Å². The summed E-state index contributed by atoms with van der Waals surface area (Å²) < 4.78 is 7.11. The molecule has 4 aromatic rings. The largest absolute Gasteiger partial charge is 0.491 e. The van der Waals surface area contributed by atoms with Crippen molar-refractivity contribution in [1.82, 2.24) is 10.3 Å². The number of benzene rings is 2. The number of nitrogens with zero attached hydrogens (tertiary/aromatic N) is 1. The molecule has 3 heterocycles. The van der Waals surface area contributed by atoms with Gasteiger partial charge in [-0.2, -0.15) is 0 Å². The van der Waals surface area contributed by atoms with E-state index in [1.54, 1.807) is 0 Å². The lowest BCUT2D eigenvalue weighted by Gasteiger charge is -2.15. The number of pyridine rings is 1. The van der Waals surface area contributed by atoms with Crippen molar-refractivity contribution in [3.05, 3.63) is 52.9 Å². The molecule has 1 atom stereocenters. The number of fused-ring (bicyclic) bond motifs is 5. The van der Waals surface area contributed by atoms with Gasteiger partial charge in [0.1, 0.15) is 10.6 Å². The molecule has 5 rings (SSSR count). The summed E-state index contributed by atoms with van der Waals surface area (Å²) in [7, 11) is 0. The average Bonchev–Trinajstić information content (AvgIpc) is 3.09. The Hall–Kier alpha value is -3.12. The molecular weight excluding hydrogens is 430 g/mol. The van der Waals surface area contributed by atoms with Crippen LogP contribution in [0.5, 0.6) is 5.75 Å². The normalized spacial score (nSPS) is 16.1. The molecule has 0 fully saturated rings. The number of rotatable bonds is 4. The number of anilines is 1. The quantitative estimate of drug-likeness (QED) is 0.362. The van der Waals surface area contributed by atoms with Crippen molar-refractivity contribution in [3.8, 4) is 17.0 Å². The van der Waals surface area contributed by atoms with Gasteiger partial charge in [0.25, 0.3) is 5.91 Å². The predicted molar refractivity (Wildman–Crippen MR) is 138 cm³/mol. The highest BCUT2D eigenvalue weighted by atomic mass is 32.1. The van der Waals surface area contributed by atoms with Crippen LogP contribution in [0.3, 0.4) is 0 Å². The third-order valence-corrected chi connectivity index (χ3v) is 7.11. The molecular formula is C27H29N3O2S. The molecule has 0 bridgehead atoms. The van der Waals surface area contributed by atoms with Gasteiger partial charge in [0.05, 0.1) is 23.0 Å². The van der Waals surface area contributed by atoms with Gasteiger partial charge in [-0.1, -0.05) is 13.8 Å². The van der Waals surface area contributed by atoms with Crippen molar-refractivity contribution in [2.75, 3.05) is 11.9 Å². The number of hydrogen-bond acceptors (Lipinski definition) is 5. The maximum absolute atomic E-state index is 12.7. The van der Waals surface area contributed by atoms with E-state index in [0.29, 0.717) is 12.5 Å². The number of hydrogen-bond donors (Lipinski definition) is 2. The number of thiophene rings is 1. The van der Waals surface area contributed by atoms with Gasteiger partial charge in [0, 0.05) is 33.6 Å². The zero-order chi connectivity index (χ0) is 23.3. The molecule has 6 heteroatoms. The van der Waals surface area contributed by atoms with Crippen molar-refractivity contribution in [2.24, 2.45) is 0 Å². The summed E-state index contributed by atoms with van der Waals surface area (Å²) in [5.41, 5.74) is 5.04. The maximum Gasteiger partial charge on any atom is 0.263 e. The highest BCUT2D eigenvalue weighted by Gasteiger charge is 2.24. The van der Waals surface area contributed by atoms with Crippen LogP contribution in [0.15, 0.2) is 42.5 Å². The second-order valence-electron chi connectivity index (χ2n) is 9.38. The summed E-state index contributed by atoms with van der Waals surface area (Å²) in [5, 5.41) is 8.68. The third-order valence-electron chi connectivity index (χ3n) is 5.95. The smallest absolute Gasteiger partial charge is 0.263 e. The summed E-state index contributed by atoms with van der Waals surface area (Å²) in [4.78, 5) is 18.5. The van der Waals surface area contributed by atoms with Crippen LogP contribution in [0, 0.1) is 0 Å². The van der Waals surface area contributed by atoms with Crippen molar-refractivity contribution >= 4 is 43.9 Å². The topological polar surface area (TPSA) is 63.2 Å². The Bertz CT molecular complexity index is 1370. The minimum atomic E-state index is -0.00962. The fourth-order valence-corrected chi connectivity index (χ4v) is 5.43. The molecule has 0 radical (unpaired) electrons. The Balaban J connectivity index is 1.65. The lowest BCUT2D eigenvalue weighted by molar-refractivity contribution is 0.0949. The second kappa shape index (κ2) is 8.34. The molecule has 0 unspecified atom stereocenters. The van der Waals surface area contributed by atoms with E-state index in [9.17, 15) is 4.79 Å². The van der Waals surface area contributed by atoms with Gasteiger partial charge >= 0.3 is 0 Å². The Morgan fingerprint density at radius 3 is 2.67 bits per heavy atom. The molecule has 2 aromatic heterocycles. The molecule has 2 N–H and O–H groups in total. The lowest BCUT2D eigenvalue weighted by Crippen LogP contribution is -2.34. The first-order valence-electron chi connectivity index (χ1n) is 11.5. The monoisotopic (exact) mass is 459 g/mol. The molecule has 0 saturated heterocycles. The summed E-state index contributed by atoms with van der Waals surface area (Å²) >= 11 is 1.53. The average molecular weight is 460 g/mol. The molecule has 5 nitrogen and oxygen atoms in total. The number of nitrogens with one attached hydrogen (secondary N) is 2. The Morgan fingerprint density at radius 2 is 1.91 bits per heavy atom. The first-order valence-corrected chi connectivity index (χ1v) is 12.3. The van der Waals surface area contributed by atoms with E-state index >= 15 is 0 Å². The highest BCUT2D eigenvalue weighted by molar-refractivity contribution is 7.21. The Kier molecular flexibility index (Phi) is 5.49. The zero-order valence-corrected chi connectivity index (χ0v) is 20.5. The molecule has 2 aromatic carbocycles. The van der Waals surface area contributed by atoms with Crippen LogP contribution in [-0.4, -0.2) is 29.6 Å². The summed E-state index contributed by atoms with van der Waals surface area (Å²) in [6.45, 7) is 11.2. The standard InChI is InChI=1S/C27H29N3O2S/c1-14(2)17-10-18(12-19(11-17)32-15(3)4)21-7-6-20-22(30-21)8-9-23-24(20)25-26(33-23)27(31)29-16(5)13-28-25/h6-12,14-16,28H,13H2,1-5H3,(H,29,31)/t16-/m1/s1. The molecule has 0 spiro atoms.